The van der Waals surface area contributed by atoms with Gasteiger partial charge in [-0.2, -0.15) is 5.10 Å². The van der Waals surface area contributed by atoms with E-state index >= 15 is 0 Å². The first-order valence-electron chi connectivity index (χ1n) is 10.5. The molecule has 0 aliphatic rings. The lowest BCUT2D eigenvalue weighted by Crippen LogP contribution is -2.32. The summed E-state index contributed by atoms with van der Waals surface area (Å²) >= 11 is 12.5. The highest BCUT2D eigenvalue weighted by Gasteiger charge is 2.20. The lowest BCUT2D eigenvalue weighted by atomic mass is 10.1. The number of esters is 1. The van der Waals surface area contributed by atoms with Gasteiger partial charge in [0.15, 0.2) is 5.69 Å². The van der Waals surface area contributed by atoms with Crippen molar-refractivity contribution in [3.05, 3.63) is 69.8 Å². The molecule has 1 atom stereocenters. The molecule has 168 valence electrons. The average Bonchev–Trinajstić information content (AvgIpc) is 3.19. The van der Waals surface area contributed by atoms with Gasteiger partial charge < -0.3 is 10.1 Å². The zero-order chi connectivity index (χ0) is 23.3. The summed E-state index contributed by atoms with van der Waals surface area (Å²) in [4.78, 5) is 24.8. The van der Waals surface area contributed by atoms with E-state index in [2.05, 4.69) is 17.3 Å². The SMILES string of the molecule is CCC[C@@H](C)NC(=O)c1ccc(-n2nc(C(=O)OCC)cc2-c2ccc(Cl)cc2Cl)cc1. The normalized spacial score (nSPS) is 11.8. The molecular weight excluding hydrogens is 449 g/mol. The fourth-order valence-corrected chi connectivity index (χ4v) is 3.84. The Morgan fingerprint density at radius 3 is 2.44 bits per heavy atom. The van der Waals surface area contributed by atoms with Crippen molar-refractivity contribution >= 4 is 35.1 Å². The Balaban J connectivity index is 1.99. The maximum Gasteiger partial charge on any atom is 0.358 e. The third kappa shape index (κ3) is 5.50. The molecule has 1 N–H and O–H groups in total. The fraction of sp³-hybridized carbons (Fsp3) is 0.292. The van der Waals surface area contributed by atoms with E-state index in [1.807, 2.05) is 6.92 Å². The first-order valence-corrected chi connectivity index (χ1v) is 11.2. The largest absolute Gasteiger partial charge is 0.461 e. The van der Waals surface area contributed by atoms with Gasteiger partial charge in [0.05, 0.1) is 23.0 Å². The van der Waals surface area contributed by atoms with Gasteiger partial charge in [-0.3, -0.25) is 4.79 Å². The average molecular weight is 474 g/mol. The molecule has 0 aliphatic heterocycles. The number of ether oxygens (including phenoxy) is 1. The molecule has 0 spiro atoms. The summed E-state index contributed by atoms with van der Waals surface area (Å²) in [5.74, 6) is -0.662. The quantitative estimate of drug-likeness (QED) is 0.410. The first kappa shape index (κ1) is 23.8. The van der Waals surface area contributed by atoms with Crippen LogP contribution in [-0.2, 0) is 4.74 Å². The standard InChI is InChI=1S/C24H25Cl2N3O3/c1-4-6-15(3)27-23(30)16-7-10-18(11-8-16)29-22(14-21(28-29)24(31)32-5-2)19-12-9-17(25)13-20(19)26/h7-15H,4-6H2,1-3H3,(H,27,30)/t15-/m1/s1. The van der Waals surface area contributed by atoms with Crippen molar-refractivity contribution in [2.45, 2.75) is 39.7 Å². The van der Waals surface area contributed by atoms with Crippen molar-refractivity contribution in [3.63, 3.8) is 0 Å². The summed E-state index contributed by atoms with van der Waals surface area (Å²) in [6, 6.07) is 13.8. The Morgan fingerprint density at radius 1 is 1.09 bits per heavy atom. The van der Waals surface area contributed by atoms with E-state index in [9.17, 15) is 9.59 Å². The summed E-state index contributed by atoms with van der Waals surface area (Å²) in [5, 5.41) is 8.35. The topological polar surface area (TPSA) is 73.2 Å². The molecule has 0 saturated heterocycles. The van der Waals surface area contributed by atoms with Crippen LogP contribution >= 0.6 is 23.2 Å². The summed E-state index contributed by atoms with van der Waals surface area (Å²) in [7, 11) is 0. The van der Waals surface area contributed by atoms with Gasteiger partial charge in [0.25, 0.3) is 5.91 Å². The molecular formula is C24H25Cl2N3O3. The van der Waals surface area contributed by atoms with E-state index in [-0.39, 0.29) is 24.2 Å². The molecule has 2 aromatic carbocycles. The number of rotatable bonds is 8. The number of aromatic nitrogens is 2. The summed E-state index contributed by atoms with van der Waals surface area (Å²) in [5.41, 5.74) is 2.63. The van der Waals surface area contributed by atoms with Gasteiger partial charge in [0.1, 0.15) is 0 Å². The van der Waals surface area contributed by atoms with Gasteiger partial charge >= 0.3 is 5.97 Å². The zero-order valence-electron chi connectivity index (χ0n) is 18.2. The number of nitrogens with zero attached hydrogens (tertiary/aromatic N) is 2. The second kappa shape index (κ2) is 10.7. The maximum absolute atomic E-state index is 12.5. The molecule has 0 saturated carbocycles. The van der Waals surface area contributed by atoms with Gasteiger partial charge in [-0.25, -0.2) is 9.48 Å². The van der Waals surface area contributed by atoms with Crippen molar-refractivity contribution in [1.29, 1.82) is 0 Å². The third-order valence-electron chi connectivity index (χ3n) is 4.87. The smallest absolute Gasteiger partial charge is 0.358 e. The Hall–Kier alpha value is -2.83. The third-order valence-corrected chi connectivity index (χ3v) is 5.42. The molecule has 32 heavy (non-hydrogen) atoms. The van der Waals surface area contributed by atoms with E-state index in [1.54, 1.807) is 60.1 Å². The van der Waals surface area contributed by atoms with Crippen molar-refractivity contribution < 1.29 is 14.3 Å². The molecule has 1 aromatic heterocycles. The maximum atomic E-state index is 12.5. The minimum atomic E-state index is -0.529. The number of halogens is 2. The molecule has 0 aliphatic carbocycles. The molecule has 3 aromatic rings. The number of hydrogen-bond donors (Lipinski definition) is 1. The summed E-state index contributed by atoms with van der Waals surface area (Å²) in [6.07, 6.45) is 1.91. The lowest BCUT2D eigenvalue weighted by molar-refractivity contribution is 0.0518. The molecule has 0 radical (unpaired) electrons. The number of carbonyl (C=O) groups excluding carboxylic acids is 2. The number of carbonyl (C=O) groups is 2. The number of hydrogen-bond acceptors (Lipinski definition) is 4. The predicted molar refractivity (Wildman–Crippen MR) is 127 cm³/mol. The van der Waals surface area contributed by atoms with Gasteiger partial charge in [-0.15, -0.1) is 0 Å². The van der Waals surface area contributed by atoms with Crippen molar-refractivity contribution in [3.8, 4) is 16.9 Å². The Kier molecular flexibility index (Phi) is 7.94. The second-order valence-electron chi connectivity index (χ2n) is 7.38. The molecule has 6 nitrogen and oxygen atoms in total. The zero-order valence-corrected chi connectivity index (χ0v) is 19.7. The second-order valence-corrected chi connectivity index (χ2v) is 8.22. The summed E-state index contributed by atoms with van der Waals surface area (Å²) in [6.45, 7) is 6.04. The fourth-order valence-electron chi connectivity index (χ4n) is 3.34. The van der Waals surface area contributed by atoms with Gasteiger partial charge in [0, 0.05) is 22.2 Å². The molecule has 0 bridgehead atoms. The van der Waals surface area contributed by atoms with Crippen LogP contribution in [0.25, 0.3) is 16.9 Å². The number of amides is 1. The molecule has 0 fully saturated rings. The van der Waals surface area contributed by atoms with Gasteiger partial charge in [-0.1, -0.05) is 36.5 Å². The minimum absolute atomic E-state index is 0.101. The van der Waals surface area contributed by atoms with Crippen molar-refractivity contribution in [2.75, 3.05) is 6.61 Å². The van der Waals surface area contributed by atoms with Crippen LogP contribution in [0.3, 0.4) is 0 Å². The number of nitrogens with one attached hydrogen (secondary N) is 1. The number of benzene rings is 2. The van der Waals surface area contributed by atoms with Crippen LogP contribution in [0.2, 0.25) is 10.0 Å². The Bertz CT molecular complexity index is 1110. The first-order chi connectivity index (χ1) is 15.3. The van der Waals surface area contributed by atoms with Gasteiger partial charge in [-0.05, 0) is 68.8 Å². The Morgan fingerprint density at radius 2 is 1.81 bits per heavy atom. The van der Waals surface area contributed by atoms with Crippen LogP contribution in [0.15, 0.2) is 48.5 Å². The molecule has 0 unspecified atom stereocenters. The minimum Gasteiger partial charge on any atom is -0.461 e. The van der Waals surface area contributed by atoms with E-state index in [1.165, 1.54) is 0 Å². The highest BCUT2D eigenvalue weighted by molar-refractivity contribution is 6.36. The Labute approximate surface area is 197 Å². The highest BCUT2D eigenvalue weighted by atomic mass is 35.5. The van der Waals surface area contributed by atoms with Gasteiger partial charge in [0.2, 0.25) is 0 Å². The highest BCUT2D eigenvalue weighted by Crippen LogP contribution is 2.32. The van der Waals surface area contributed by atoms with Crippen molar-refractivity contribution in [1.82, 2.24) is 15.1 Å². The molecule has 1 heterocycles. The van der Waals surface area contributed by atoms with Crippen LogP contribution in [0.4, 0.5) is 0 Å². The molecule has 1 amide bonds. The predicted octanol–water partition coefficient (Wildman–Crippen LogP) is 5.94. The van der Waals surface area contributed by atoms with Crippen LogP contribution < -0.4 is 5.32 Å². The van der Waals surface area contributed by atoms with E-state index < -0.39 is 5.97 Å². The van der Waals surface area contributed by atoms with Crippen LogP contribution in [0, 0.1) is 0 Å². The molecule has 8 heteroatoms. The lowest BCUT2D eigenvalue weighted by Gasteiger charge is -2.13. The molecule has 3 rings (SSSR count). The van der Waals surface area contributed by atoms with E-state index in [4.69, 9.17) is 27.9 Å². The summed E-state index contributed by atoms with van der Waals surface area (Å²) < 4.78 is 6.70. The van der Waals surface area contributed by atoms with E-state index in [0.29, 0.717) is 32.6 Å². The van der Waals surface area contributed by atoms with Crippen molar-refractivity contribution in [2.24, 2.45) is 0 Å². The van der Waals surface area contributed by atoms with Crippen LogP contribution in [0.1, 0.15) is 54.5 Å². The van der Waals surface area contributed by atoms with Crippen LogP contribution in [-0.4, -0.2) is 34.3 Å². The van der Waals surface area contributed by atoms with E-state index in [0.717, 1.165) is 12.8 Å². The monoisotopic (exact) mass is 473 g/mol. The van der Waals surface area contributed by atoms with Crippen LogP contribution in [0.5, 0.6) is 0 Å².